The lowest BCUT2D eigenvalue weighted by Gasteiger charge is -2.08. The summed E-state index contributed by atoms with van der Waals surface area (Å²) in [6, 6.07) is 5.31. The Balaban J connectivity index is 2.09. The number of pyridine rings is 1. The third-order valence-electron chi connectivity index (χ3n) is 2.29. The molecule has 0 radical (unpaired) electrons. The number of aromatic nitrogens is 1. The second kappa shape index (κ2) is 6.33. The molecule has 0 aliphatic heterocycles. The Morgan fingerprint density at radius 2 is 2.32 bits per heavy atom. The first kappa shape index (κ1) is 14.3. The number of carbonyl (C=O) groups is 1. The van der Waals surface area contributed by atoms with Gasteiger partial charge in [-0.2, -0.15) is 0 Å². The minimum Gasteiger partial charge on any atom is -0.347 e. The number of amides is 1. The summed E-state index contributed by atoms with van der Waals surface area (Å²) in [4.78, 5) is 17.1. The van der Waals surface area contributed by atoms with E-state index >= 15 is 0 Å². The van der Waals surface area contributed by atoms with Gasteiger partial charge in [0.25, 0.3) is 5.91 Å². The van der Waals surface area contributed by atoms with E-state index in [0.29, 0.717) is 26.7 Å². The first-order valence-electron chi connectivity index (χ1n) is 5.24. The van der Waals surface area contributed by atoms with Crippen molar-refractivity contribution in [2.75, 3.05) is 5.43 Å². The highest BCUT2D eigenvalue weighted by Gasteiger charge is 2.13. The summed E-state index contributed by atoms with van der Waals surface area (Å²) >= 11 is 10.5. The number of thiophene rings is 1. The van der Waals surface area contributed by atoms with Crippen LogP contribution in [-0.2, 0) is 6.54 Å². The van der Waals surface area contributed by atoms with Crippen molar-refractivity contribution >= 4 is 50.6 Å². The predicted octanol–water partition coefficient (Wildman–Crippen LogP) is 2.77. The van der Waals surface area contributed by atoms with E-state index in [1.807, 2.05) is 6.07 Å². The number of hydrogen-bond acceptors (Lipinski definition) is 5. The number of nitrogens with zero attached hydrogens (tertiary/aromatic N) is 1. The van der Waals surface area contributed by atoms with Crippen LogP contribution < -0.4 is 16.6 Å². The SMILES string of the molecule is NNc1ncc(Br)cc1C(=O)NCc1ccc(Cl)s1. The molecule has 0 unspecified atom stereocenters. The van der Waals surface area contributed by atoms with Crippen LogP contribution in [0.3, 0.4) is 0 Å². The molecule has 0 atom stereocenters. The Bertz CT molecular complexity index is 604. The van der Waals surface area contributed by atoms with Gasteiger partial charge in [-0.3, -0.25) is 4.79 Å². The number of hydrogen-bond donors (Lipinski definition) is 3. The Kier molecular flexibility index (Phi) is 4.76. The Morgan fingerprint density at radius 1 is 1.53 bits per heavy atom. The van der Waals surface area contributed by atoms with E-state index in [9.17, 15) is 4.79 Å². The molecule has 0 bridgehead atoms. The van der Waals surface area contributed by atoms with Crippen LogP contribution in [0.4, 0.5) is 5.82 Å². The van der Waals surface area contributed by atoms with E-state index in [0.717, 1.165) is 4.88 Å². The monoisotopic (exact) mass is 360 g/mol. The Morgan fingerprint density at radius 3 is 2.95 bits per heavy atom. The molecule has 0 fully saturated rings. The zero-order valence-electron chi connectivity index (χ0n) is 9.61. The van der Waals surface area contributed by atoms with Crippen molar-refractivity contribution < 1.29 is 4.79 Å². The van der Waals surface area contributed by atoms with Gasteiger partial charge in [-0.05, 0) is 34.1 Å². The van der Waals surface area contributed by atoms with Crippen molar-refractivity contribution in [2.24, 2.45) is 5.84 Å². The van der Waals surface area contributed by atoms with Crippen LogP contribution in [-0.4, -0.2) is 10.9 Å². The van der Waals surface area contributed by atoms with Gasteiger partial charge in [-0.25, -0.2) is 10.8 Å². The summed E-state index contributed by atoms with van der Waals surface area (Å²) in [5.41, 5.74) is 2.77. The summed E-state index contributed by atoms with van der Waals surface area (Å²) < 4.78 is 1.40. The van der Waals surface area contributed by atoms with E-state index in [1.54, 1.807) is 18.3 Å². The van der Waals surface area contributed by atoms with Gasteiger partial charge >= 0.3 is 0 Å². The molecule has 0 aromatic carbocycles. The predicted molar refractivity (Wildman–Crippen MR) is 80.2 cm³/mol. The third-order valence-corrected chi connectivity index (χ3v) is 3.95. The lowest BCUT2D eigenvalue weighted by Crippen LogP contribution is -2.25. The molecule has 19 heavy (non-hydrogen) atoms. The maximum Gasteiger partial charge on any atom is 0.255 e. The number of hydrazine groups is 1. The molecular weight excluding hydrogens is 352 g/mol. The molecule has 8 heteroatoms. The number of nitrogen functional groups attached to an aromatic ring is 1. The molecule has 2 heterocycles. The normalized spacial score (nSPS) is 10.3. The van der Waals surface area contributed by atoms with Crippen LogP contribution in [0.15, 0.2) is 28.9 Å². The molecule has 2 aromatic rings. The van der Waals surface area contributed by atoms with Crippen LogP contribution in [0.25, 0.3) is 0 Å². The van der Waals surface area contributed by atoms with Gasteiger partial charge in [0.05, 0.1) is 16.4 Å². The van der Waals surface area contributed by atoms with E-state index in [-0.39, 0.29) is 5.91 Å². The first-order valence-corrected chi connectivity index (χ1v) is 7.23. The number of carbonyl (C=O) groups excluding carboxylic acids is 1. The maximum absolute atomic E-state index is 12.1. The number of nitrogens with one attached hydrogen (secondary N) is 2. The van der Waals surface area contributed by atoms with Gasteiger partial charge < -0.3 is 10.7 Å². The van der Waals surface area contributed by atoms with E-state index in [4.69, 9.17) is 17.4 Å². The van der Waals surface area contributed by atoms with Gasteiger partial charge in [-0.1, -0.05) is 11.6 Å². The molecule has 0 aliphatic rings. The van der Waals surface area contributed by atoms with E-state index in [2.05, 4.69) is 31.7 Å². The van der Waals surface area contributed by atoms with Crippen molar-refractivity contribution in [3.63, 3.8) is 0 Å². The summed E-state index contributed by atoms with van der Waals surface area (Å²) in [6.07, 6.45) is 1.56. The third kappa shape index (κ3) is 3.66. The van der Waals surface area contributed by atoms with Crippen LogP contribution in [0.5, 0.6) is 0 Å². The average molecular weight is 362 g/mol. The number of halogens is 2. The Labute approximate surface area is 127 Å². The number of rotatable bonds is 4. The maximum atomic E-state index is 12.1. The molecule has 0 spiro atoms. The molecule has 2 aromatic heterocycles. The number of anilines is 1. The summed E-state index contributed by atoms with van der Waals surface area (Å²) in [7, 11) is 0. The minimum atomic E-state index is -0.258. The van der Waals surface area contributed by atoms with Crippen LogP contribution in [0.2, 0.25) is 4.34 Å². The van der Waals surface area contributed by atoms with Crippen LogP contribution in [0.1, 0.15) is 15.2 Å². The van der Waals surface area contributed by atoms with Gasteiger partial charge in [0.2, 0.25) is 0 Å². The smallest absolute Gasteiger partial charge is 0.255 e. The van der Waals surface area contributed by atoms with E-state index in [1.165, 1.54) is 11.3 Å². The molecule has 4 N–H and O–H groups in total. The fraction of sp³-hybridized carbons (Fsp3) is 0.0909. The van der Waals surface area contributed by atoms with Crippen LogP contribution in [0, 0.1) is 0 Å². The average Bonchev–Trinajstić information content (AvgIpc) is 2.81. The molecule has 0 saturated heterocycles. The molecule has 0 saturated carbocycles. The highest BCUT2D eigenvalue weighted by molar-refractivity contribution is 9.10. The van der Waals surface area contributed by atoms with Crippen molar-refractivity contribution in [1.29, 1.82) is 0 Å². The fourth-order valence-electron chi connectivity index (χ4n) is 1.44. The van der Waals surface area contributed by atoms with Gasteiger partial charge in [0, 0.05) is 15.5 Å². The van der Waals surface area contributed by atoms with Crippen molar-refractivity contribution in [2.45, 2.75) is 6.54 Å². The molecule has 100 valence electrons. The molecule has 1 amide bonds. The zero-order chi connectivity index (χ0) is 13.8. The van der Waals surface area contributed by atoms with Crippen LogP contribution >= 0.6 is 38.9 Å². The largest absolute Gasteiger partial charge is 0.347 e. The van der Waals surface area contributed by atoms with E-state index < -0.39 is 0 Å². The van der Waals surface area contributed by atoms with Gasteiger partial charge in [-0.15, -0.1) is 11.3 Å². The first-order chi connectivity index (χ1) is 9.10. The molecule has 0 aliphatic carbocycles. The van der Waals surface area contributed by atoms with Crippen molar-refractivity contribution in [3.8, 4) is 0 Å². The highest BCUT2D eigenvalue weighted by Crippen LogP contribution is 2.21. The zero-order valence-corrected chi connectivity index (χ0v) is 12.8. The standard InChI is InChI=1S/C11H10BrClN4OS/c12-6-3-8(10(17-14)15-4-6)11(18)16-5-7-1-2-9(13)19-7/h1-4H,5,14H2,(H,15,17)(H,16,18). The van der Waals surface area contributed by atoms with Gasteiger partial charge in [0.1, 0.15) is 0 Å². The Hall–Kier alpha value is -1.15. The quantitative estimate of drug-likeness (QED) is 0.578. The fourth-order valence-corrected chi connectivity index (χ4v) is 2.80. The summed E-state index contributed by atoms with van der Waals surface area (Å²) in [5.74, 6) is 5.39. The second-order valence-corrected chi connectivity index (χ2v) is 6.30. The lowest BCUT2D eigenvalue weighted by atomic mass is 10.2. The highest BCUT2D eigenvalue weighted by atomic mass is 79.9. The topological polar surface area (TPSA) is 80.0 Å². The molecular formula is C11H10BrClN4OS. The minimum absolute atomic E-state index is 0.258. The number of nitrogens with two attached hydrogens (primary N) is 1. The van der Waals surface area contributed by atoms with Crippen molar-refractivity contribution in [1.82, 2.24) is 10.3 Å². The summed E-state index contributed by atoms with van der Waals surface area (Å²) in [5, 5.41) is 2.79. The summed E-state index contributed by atoms with van der Waals surface area (Å²) in [6.45, 7) is 0.409. The van der Waals surface area contributed by atoms with Gasteiger partial charge in [0.15, 0.2) is 5.82 Å². The molecule has 5 nitrogen and oxygen atoms in total. The lowest BCUT2D eigenvalue weighted by molar-refractivity contribution is 0.0951. The second-order valence-electron chi connectivity index (χ2n) is 3.58. The molecule has 2 rings (SSSR count). The van der Waals surface area contributed by atoms with Crippen molar-refractivity contribution in [3.05, 3.63) is 43.6 Å².